The van der Waals surface area contributed by atoms with Gasteiger partial charge in [0.2, 0.25) is 5.91 Å². The van der Waals surface area contributed by atoms with Gasteiger partial charge in [-0.1, -0.05) is 48.0 Å². The maximum atomic E-state index is 12.3. The summed E-state index contributed by atoms with van der Waals surface area (Å²) in [5, 5.41) is 8.20. The van der Waals surface area contributed by atoms with E-state index in [-0.39, 0.29) is 18.0 Å². The molecule has 0 unspecified atom stereocenters. The molecule has 0 bridgehead atoms. The predicted octanol–water partition coefficient (Wildman–Crippen LogP) is 3.64. The molecular weight excluding hydrogens is 338 g/mol. The second kappa shape index (κ2) is 7.23. The van der Waals surface area contributed by atoms with Gasteiger partial charge in [0, 0.05) is 21.8 Å². The highest BCUT2D eigenvalue weighted by Gasteiger charge is 2.11. The van der Waals surface area contributed by atoms with Crippen LogP contribution in [-0.4, -0.2) is 18.4 Å². The Balaban J connectivity index is 1.72. The van der Waals surface area contributed by atoms with Gasteiger partial charge in [0.05, 0.1) is 12.1 Å². The van der Waals surface area contributed by atoms with Crippen LogP contribution in [0.1, 0.15) is 10.4 Å². The molecule has 0 aliphatic rings. The third kappa shape index (κ3) is 3.89. The number of nitrogens with one attached hydrogen (secondary N) is 2. The molecule has 0 aromatic heterocycles. The van der Waals surface area contributed by atoms with Crippen molar-refractivity contribution in [1.82, 2.24) is 0 Å². The van der Waals surface area contributed by atoms with Crippen molar-refractivity contribution >= 4 is 45.6 Å². The molecule has 5 nitrogen and oxygen atoms in total. The smallest absolute Gasteiger partial charge is 0.250 e. The summed E-state index contributed by atoms with van der Waals surface area (Å²) in [6.45, 7) is -0.00880. The van der Waals surface area contributed by atoms with Crippen LogP contribution in [0.5, 0.6) is 0 Å². The highest BCUT2D eigenvalue weighted by atomic mass is 35.5. The summed E-state index contributed by atoms with van der Waals surface area (Å²) < 4.78 is 0. The number of rotatable bonds is 5. The minimum absolute atomic E-state index is 0.00880. The van der Waals surface area contributed by atoms with E-state index in [1.165, 1.54) is 6.07 Å². The van der Waals surface area contributed by atoms with E-state index in [0.717, 1.165) is 16.5 Å². The van der Waals surface area contributed by atoms with Crippen LogP contribution >= 0.6 is 11.6 Å². The van der Waals surface area contributed by atoms with Crippen molar-refractivity contribution in [3.63, 3.8) is 0 Å². The van der Waals surface area contributed by atoms with E-state index in [2.05, 4.69) is 10.6 Å². The molecule has 0 fully saturated rings. The molecule has 25 heavy (non-hydrogen) atoms. The summed E-state index contributed by atoms with van der Waals surface area (Å²) in [6, 6.07) is 18.2. The lowest BCUT2D eigenvalue weighted by Gasteiger charge is -2.12. The summed E-state index contributed by atoms with van der Waals surface area (Å²) in [4.78, 5) is 23.7. The molecule has 2 amide bonds. The van der Waals surface area contributed by atoms with Gasteiger partial charge in [0.15, 0.2) is 0 Å². The molecule has 6 heteroatoms. The lowest BCUT2D eigenvalue weighted by Crippen LogP contribution is -2.23. The number of fused-ring (bicyclic) bond motifs is 1. The average molecular weight is 354 g/mol. The van der Waals surface area contributed by atoms with Crippen LogP contribution in [0.3, 0.4) is 0 Å². The zero-order valence-electron chi connectivity index (χ0n) is 13.3. The van der Waals surface area contributed by atoms with Crippen molar-refractivity contribution in [1.29, 1.82) is 0 Å². The number of hydrogen-bond acceptors (Lipinski definition) is 3. The number of benzene rings is 3. The number of carbonyl (C=O) groups is 2. The molecule has 3 aromatic carbocycles. The van der Waals surface area contributed by atoms with E-state index in [1.807, 2.05) is 42.5 Å². The van der Waals surface area contributed by atoms with E-state index in [0.29, 0.717) is 10.7 Å². The van der Waals surface area contributed by atoms with Crippen molar-refractivity contribution in [3.8, 4) is 0 Å². The molecular formula is C19H16ClN3O2. The molecule has 4 N–H and O–H groups in total. The van der Waals surface area contributed by atoms with Crippen molar-refractivity contribution in [3.05, 3.63) is 71.2 Å². The van der Waals surface area contributed by atoms with Crippen LogP contribution in [0.15, 0.2) is 60.7 Å². The number of anilines is 2. The zero-order valence-corrected chi connectivity index (χ0v) is 14.0. The second-order valence-electron chi connectivity index (χ2n) is 5.48. The van der Waals surface area contributed by atoms with Crippen LogP contribution < -0.4 is 16.4 Å². The van der Waals surface area contributed by atoms with Gasteiger partial charge in [-0.3, -0.25) is 9.59 Å². The largest absolute Gasteiger partial charge is 0.375 e. The van der Waals surface area contributed by atoms with Crippen LogP contribution in [0.4, 0.5) is 11.4 Å². The fourth-order valence-electron chi connectivity index (χ4n) is 2.58. The molecule has 0 aliphatic heterocycles. The van der Waals surface area contributed by atoms with Gasteiger partial charge in [-0.05, 0) is 29.7 Å². The zero-order chi connectivity index (χ0) is 17.8. The van der Waals surface area contributed by atoms with E-state index < -0.39 is 5.91 Å². The minimum Gasteiger partial charge on any atom is -0.375 e. The number of primary amides is 1. The predicted molar refractivity (Wildman–Crippen MR) is 101 cm³/mol. The molecule has 0 spiro atoms. The summed E-state index contributed by atoms with van der Waals surface area (Å²) >= 11 is 5.87. The van der Waals surface area contributed by atoms with Gasteiger partial charge in [0.1, 0.15) is 0 Å². The van der Waals surface area contributed by atoms with Crippen LogP contribution in [0.25, 0.3) is 10.8 Å². The Morgan fingerprint density at radius 2 is 1.72 bits per heavy atom. The van der Waals surface area contributed by atoms with Gasteiger partial charge >= 0.3 is 0 Å². The first-order chi connectivity index (χ1) is 12.0. The first-order valence-electron chi connectivity index (χ1n) is 7.65. The monoisotopic (exact) mass is 353 g/mol. The molecule has 0 atom stereocenters. The molecule has 0 heterocycles. The maximum absolute atomic E-state index is 12.3. The maximum Gasteiger partial charge on any atom is 0.250 e. The van der Waals surface area contributed by atoms with E-state index in [9.17, 15) is 9.59 Å². The van der Waals surface area contributed by atoms with Crippen molar-refractivity contribution in [2.24, 2.45) is 5.73 Å². The third-order valence-corrected chi connectivity index (χ3v) is 3.99. The normalized spacial score (nSPS) is 10.4. The van der Waals surface area contributed by atoms with Crippen LogP contribution in [0, 0.1) is 0 Å². The fourth-order valence-corrected chi connectivity index (χ4v) is 2.75. The minimum atomic E-state index is -0.612. The lowest BCUT2D eigenvalue weighted by atomic mass is 10.1. The van der Waals surface area contributed by atoms with Crippen molar-refractivity contribution in [2.75, 3.05) is 17.2 Å². The molecule has 126 valence electrons. The van der Waals surface area contributed by atoms with Crippen LogP contribution in [-0.2, 0) is 4.79 Å². The number of hydrogen-bond donors (Lipinski definition) is 3. The number of nitrogens with two attached hydrogens (primary N) is 1. The highest BCUT2D eigenvalue weighted by Crippen LogP contribution is 2.23. The fraction of sp³-hybridized carbons (Fsp3) is 0.0526. The highest BCUT2D eigenvalue weighted by molar-refractivity contribution is 6.31. The van der Waals surface area contributed by atoms with Crippen molar-refractivity contribution in [2.45, 2.75) is 0 Å². The molecule has 0 aliphatic carbocycles. The molecule has 0 radical (unpaired) electrons. The quantitative estimate of drug-likeness (QED) is 0.654. The Hall–Kier alpha value is -3.05. The molecule has 3 aromatic rings. The Morgan fingerprint density at radius 3 is 2.52 bits per heavy atom. The van der Waals surface area contributed by atoms with E-state index in [1.54, 1.807) is 12.1 Å². The standard InChI is InChI=1S/C19H16ClN3O2/c20-13-8-9-16(15(10-13)19(21)25)22-11-18(24)23-17-7-3-5-12-4-1-2-6-14(12)17/h1-10,22H,11H2,(H2,21,25)(H,23,24). The molecule has 3 rings (SSSR count). The van der Waals surface area contributed by atoms with Crippen LogP contribution in [0.2, 0.25) is 5.02 Å². The number of carbonyl (C=O) groups excluding carboxylic acids is 2. The second-order valence-corrected chi connectivity index (χ2v) is 5.92. The van der Waals surface area contributed by atoms with Gasteiger partial charge in [0.25, 0.3) is 5.91 Å². The molecule has 0 saturated heterocycles. The number of amides is 2. The first-order valence-corrected chi connectivity index (χ1v) is 8.03. The Morgan fingerprint density at radius 1 is 0.960 bits per heavy atom. The lowest BCUT2D eigenvalue weighted by molar-refractivity contribution is -0.114. The topological polar surface area (TPSA) is 84.2 Å². The van der Waals surface area contributed by atoms with Gasteiger partial charge in [-0.25, -0.2) is 0 Å². The summed E-state index contributed by atoms with van der Waals surface area (Å²) in [5.41, 5.74) is 6.77. The van der Waals surface area contributed by atoms with Gasteiger partial charge < -0.3 is 16.4 Å². The van der Waals surface area contributed by atoms with E-state index >= 15 is 0 Å². The number of halogens is 1. The van der Waals surface area contributed by atoms with Gasteiger partial charge in [-0.2, -0.15) is 0 Å². The Labute approximate surface area is 149 Å². The third-order valence-electron chi connectivity index (χ3n) is 3.75. The van der Waals surface area contributed by atoms with Crippen molar-refractivity contribution < 1.29 is 9.59 Å². The summed E-state index contributed by atoms with van der Waals surface area (Å²) in [5.74, 6) is -0.846. The molecule has 0 saturated carbocycles. The Bertz CT molecular complexity index is 951. The van der Waals surface area contributed by atoms with Gasteiger partial charge in [-0.15, -0.1) is 0 Å². The summed E-state index contributed by atoms with van der Waals surface area (Å²) in [7, 11) is 0. The SMILES string of the molecule is NC(=O)c1cc(Cl)ccc1NCC(=O)Nc1cccc2ccccc12. The van der Waals surface area contributed by atoms with E-state index in [4.69, 9.17) is 17.3 Å². The Kier molecular flexibility index (Phi) is 4.86. The first kappa shape index (κ1) is 16.8. The average Bonchev–Trinajstić information content (AvgIpc) is 2.61. The summed E-state index contributed by atoms with van der Waals surface area (Å²) in [6.07, 6.45) is 0.